The summed E-state index contributed by atoms with van der Waals surface area (Å²) in [6.07, 6.45) is 1.83. The van der Waals surface area contributed by atoms with Gasteiger partial charge in [0.05, 0.1) is 11.7 Å². The minimum absolute atomic E-state index is 0.198. The minimum Gasteiger partial charge on any atom is -0.399 e. The van der Waals surface area contributed by atoms with Crippen molar-refractivity contribution in [2.24, 2.45) is 10.7 Å². The quantitative estimate of drug-likeness (QED) is 0.563. The van der Waals surface area contributed by atoms with Crippen molar-refractivity contribution < 1.29 is 0 Å². The van der Waals surface area contributed by atoms with E-state index in [9.17, 15) is 0 Å². The zero-order valence-corrected chi connectivity index (χ0v) is 12.8. The second kappa shape index (κ2) is 6.90. The maximum absolute atomic E-state index is 6.42. The lowest BCUT2D eigenvalue weighted by atomic mass is 9.98. The molecule has 0 heterocycles. The van der Waals surface area contributed by atoms with Crippen molar-refractivity contribution in [1.29, 1.82) is 0 Å². The van der Waals surface area contributed by atoms with Gasteiger partial charge in [-0.2, -0.15) is 0 Å². The molecule has 0 bridgehead atoms. The van der Waals surface area contributed by atoms with E-state index in [1.165, 1.54) is 0 Å². The minimum atomic E-state index is -0.198. The van der Waals surface area contributed by atoms with E-state index in [-0.39, 0.29) is 6.04 Å². The first kappa shape index (κ1) is 15.0. The van der Waals surface area contributed by atoms with E-state index in [4.69, 9.17) is 11.5 Å². The molecule has 114 valence electrons. The van der Waals surface area contributed by atoms with Crippen LogP contribution in [0.1, 0.15) is 22.7 Å². The first-order valence-electron chi connectivity index (χ1n) is 7.53. The molecule has 4 N–H and O–H groups in total. The fraction of sp³-hybridized carbons (Fsp3) is 0.0500. The van der Waals surface area contributed by atoms with Crippen LogP contribution >= 0.6 is 0 Å². The van der Waals surface area contributed by atoms with Crippen LogP contribution in [-0.4, -0.2) is 6.21 Å². The fourth-order valence-electron chi connectivity index (χ4n) is 2.43. The van der Waals surface area contributed by atoms with Gasteiger partial charge in [-0.3, -0.25) is 4.99 Å². The van der Waals surface area contributed by atoms with E-state index in [0.29, 0.717) is 0 Å². The third kappa shape index (κ3) is 3.65. The molecule has 0 aromatic heterocycles. The molecule has 3 nitrogen and oxygen atoms in total. The van der Waals surface area contributed by atoms with Gasteiger partial charge in [0.2, 0.25) is 0 Å². The van der Waals surface area contributed by atoms with Gasteiger partial charge in [-0.25, -0.2) is 0 Å². The van der Waals surface area contributed by atoms with Crippen molar-refractivity contribution in [3.8, 4) is 0 Å². The maximum Gasteiger partial charge on any atom is 0.0681 e. The standard InChI is InChI=1S/C20H19N3/c21-17-12-10-15(11-13-17)14-23-19-9-5-4-8-18(19)20(22)16-6-2-1-3-7-16/h1-14,20H,21-22H2/b23-14+. The Kier molecular flexibility index (Phi) is 4.50. The molecule has 3 aromatic rings. The lowest BCUT2D eigenvalue weighted by Crippen LogP contribution is -2.11. The predicted octanol–water partition coefficient (Wildman–Crippen LogP) is 4.07. The summed E-state index contributed by atoms with van der Waals surface area (Å²) < 4.78 is 0. The Morgan fingerprint density at radius 1 is 0.783 bits per heavy atom. The van der Waals surface area contributed by atoms with Crippen molar-refractivity contribution in [1.82, 2.24) is 0 Å². The second-order valence-corrected chi connectivity index (χ2v) is 5.37. The molecule has 0 fully saturated rings. The summed E-state index contributed by atoms with van der Waals surface area (Å²) in [6, 6.07) is 25.4. The molecule has 0 aliphatic carbocycles. The van der Waals surface area contributed by atoms with E-state index in [1.807, 2.05) is 85.1 Å². The highest BCUT2D eigenvalue weighted by atomic mass is 14.7. The summed E-state index contributed by atoms with van der Waals surface area (Å²) in [5, 5.41) is 0. The summed E-state index contributed by atoms with van der Waals surface area (Å²) in [4.78, 5) is 4.61. The Balaban J connectivity index is 1.90. The molecule has 0 spiro atoms. The largest absolute Gasteiger partial charge is 0.399 e. The van der Waals surface area contributed by atoms with Crippen LogP contribution in [0, 0.1) is 0 Å². The first-order chi connectivity index (χ1) is 11.2. The van der Waals surface area contributed by atoms with Gasteiger partial charge in [-0.15, -0.1) is 0 Å². The molecule has 0 amide bonds. The van der Waals surface area contributed by atoms with E-state index >= 15 is 0 Å². The molecule has 0 aliphatic heterocycles. The van der Waals surface area contributed by atoms with Crippen molar-refractivity contribution in [3.63, 3.8) is 0 Å². The van der Waals surface area contributed by atoms with Gasteiger partial charge in [0.1, 0.15) is 0 Å². The van der Waals surface area contributed by atoms with Crippen LogP contribution in [0.3, 0.4) is 0 Å². The van der Waals surface area contributed by atoms with Gasteiger partial charge in [0.25, 0.3) is 0 Å². The SMILES string of the molecule is Nc1ccc(/C=N/c2ccccc2C(N)c2ccccc2)cc1. The molecule has 1 atom stereocenters. The molecule has 23 heavy (non-hydrogen) atoms. The number of benzene rings is 3. The Hall–Kier alpha value is -2.91. The molecule has 3 heteroatoms. The van der Waals surface area contributed by atoms with Crippen LogP contribution < -0.4 is 11.5 Å². The van der Waals surface area contributed by atoms with Crippen LogP contribution in [0.25, 0.3) is 0 Å². The average molecular weight is 301 g/mol. The molecule has 0 saturated heterocycles. The summed E-state index contributed by atoms with van der Waals surface area (Å²) in [5.74, 6) is 0. The third-order valence-corrected chi connectivity index (χ3v) is 3.72. The molecule has 3 aromatic carbocycles. The first-order valence-corrected chi connectivity index (χ1v) is 7.53. The van der Waals surface area contributed by atoms with Crippen molar-refractivity contribution in [2.75, 3.05) is 5.73 Å². The lowest BCUT2D eigenvalue weighted by Gasteiger charge is -2.14. The van der Waals surface area contributed by atoms with Gasteiger partial charge in [0, 0.05) is 11.9 Å². The number of para-hydroxylation sites is 1. The Morgan fingerprint density at radius 3 is 2.17 bits per heavy atom. The molecule has 0 saturated carbocycles. The number of hydrogen-bond acceptors (Lipinski definition) is 3. The molecular formula is C20H19N3. The van der Waals surface area contributed by atoms with E-state index < -0.39 is 0 Å². The van der Waals surface area contributed by atoms with Crippen LogP contribution in [0.2, 0.25) is 0 Å². The summed E-state index contributed by atoms with van der Waals surface area (Å²) in [5.41, 5.74) is 16.8. The normalized spacial score (nSPS) is 12.4. The third-order valence-electron chi connectivity index (χ3n) is 3.72. The fourth-order valence-corrected chi connectivity index (χ4v) is 2.43. The monoisotopic (exact) mass is 301 g/mol. The van der Waals surface area contributed by atoms with Gasteiger partial charge < -0.3 is 11.5 Å². The Bertz CT molecular complexity index is 793. The average Bonchev–Trinajstić information content (AvgIpc) is 2.62. The highest BCUT2D eigenvalue weighted by Crippen LogP contribution is 2.28. The lowest BCUT2D eigenvalue weighted by molar-refractivity contribution is 0.872. The maximum atomic E-state index is 6.42. The molecule has 3 rings (SSSR count). The summed E-state index contributed by atoms with van der Waals surface area (Å²) in [7, 11) is 0. The van der Waals surface area contributed by atoms with Gasteiger partial charge in [-0.1, -0.05) is 60.7 Å². The number of nitrogens with zero attached hydrogens (tertiary/aromatic N) is 1. The zero-order chi connectivity index (χ0) is 16.1. The van der Waals surface area contributed by atoms with Gasteiger partial charge in [-0.05, 0) is 34.9 Å². The highest BCUT2D eigenvalue weighted by Gasteiger charge is 2.11. The molecule has 0 aliphatic rings. The van der Waals surface area contributed by atoms with Crippen LogP contribution in [-0.2, 0) is 0 Å². The van der Waals surface area contributed by atoms with Crippen molar-refractivity contribution >= 4 is 17.6 Å². The molecule has 0 radical (unpaired) electrons. The second-order valence-electron chi connectivity index (χ2n) is 5.37. The van der Waals surface area contributed by atoms with Crippen molar-refractivity contribution in [2.45, 2.75) is 6.04 Å². The number of hydrogen-bond donors (Lipinski definition) is 2. The summed E-state index contributed by atoms with van der Waals surface area (Å²) in [6.45, 7) is 0. The highest BCUT2D eigenvalue weighted by molar-refractivity contribution is 5.82. The van der Waals surface area contributed by atoms with Gasteiger partial charge >= 0.3 is 0 Å². The van der Waals surface area contributed by atoms with E-state index in [1.54, 1.807) is 0 Å². The molecule has 1 unspecified atom stereocenters. The van der Waals surface area contributed by atoms with E-state index in [0.717, 1.165) is 28.1 Å². The topological polar surface area (TPSA) is 64.4 Å². The van der Waals surface area contributed by atoms with Crippen LogP contribution in [0.15, 0.2) is 83.9 Å². The number of nitrogens with two attached hydrogens (primary N) is 2. The van der Waals surface area contributed by atoms with Crippen LogP contribution in [0.5, 0.6) is 0 Å². The number of nitrogen functional groups attached to an aromatic ring is 1. The summed E-state index contributed by atoms with van der Waals surface area (Å²) >= 11 is 0. The zero-order valence-electron chi connectivity index (χ0n) is 12.8. The van der Waals surface area contributed by atoms with E-state index in [2.05, 4.69) is 4.99 Å². The van der Waals surface area contributed by atoms with Crippen LogP contribution in [0.4, 0.5) is 11.4 Å². The number of anilines is 1. The Labute approximate surface area is 136 Å². The van der Waals surface area contributed by atoms with Gasteiger partial charge in [0.15, 0.2) is 0 Å². The molecular weight excluding hydrogens is 282 g/mol. The van der Waals surface area contributed by atoms with Crippen molar-refractivity contribution in [3.05, 3.63) is 95.6 Å². The number of aliphatic imine (C=N–C) groups is 1. The Morgan fingerprint density at radius 2 is 1.43 bits per heavy atom. The smallest absolute Gasteiger partial charge is 0.0681 e. The number of rotatable bonds is 4. The predicted molar refractivity (Wildman–Crippen MR) is 97.0 cm³/mol.